The number of benzene rings is 1. The predicted octanol–water partition coefficient (Wildman–Crippen LogP) is 4.79. The summed E-state index contributed by atoms with van der Waals surface area (Å²) in [6, 6.07) is 6.31. The second-order valence-corrected chi connectivity index (χ2v) is 9.46. The van der Waals surface area contributed by atoms with E-state index < -0.39 is 17.5 Å². The number of anilines is 2. The molecule has 1 fully saturated rings. The molecule has 0 unspecified atom stereocenters. The first-order chi connectivity index (χ1) is 16.1. The third-order valence-electron chi connectivity index (χ3n) is 5.90. The van der Waals surface area contributed by atoms with Crippen LogP contribution in [-0.2, 0) is 16.6 Å². The third kappa shape index (κ3) is 5.20. The molecule has 0 saturated heterocycles. The van der Waals surface area contributed by atoms with E-state index in [0.717, 1.165) is 28.3 Å². The second kappa shape index (κ2) is 9.30. The first kappa shape index (κ1) is 24.1. The molecule has 4 rings (SSSR count). The highest BCUT2D eigenvalue weighted by molar-refractivity contribution is 7.15. The Bertz CT molecular complexity index is 1190. The minimum absolute atomic E-state index is 0.00795. The Labute approximate surface area is 198 Å². The van der Waals surface area contributed by atoms with Gasteiger partial charge in [-0.05, 0) is 61.9 Å². The van der Waals surface area contributed by atoms with E-state index in [1.807, 2.05) is 13.0 Å². The highest BCUT2D eigenvalue weighted by Crippen LogP contribution is 2.43. The monoisotopic (exact) mass is 491 g/mol. The molecule has 1 aliphatic carbocycles. The number of carbonyl (C=O) groups is 1. The summed E-state index contributed by atoms with van der Waals surface area (Å²) in [7, 11) is 1.61. The Kier molecular flexibility index (Phi) is 6.59. The van der Waals surface area contributed by atoms with Gasteiger partial charge in [-0.3, -0.25) is 4.79 Å². The van der Waals surface area contributed by atoms with Gasteiger partial charge in [0.15, 0.2) is 0 Å². The Balaban J connectivity index is 1.54. The second-order valence-electron chi connectivity index (χ2n) is 8.43. The number of aryl methyl sites for hydroxylation is 1. The molecule has 0 aliphatic heterocycles. The van der Waals surface area contributed by atoms with Crippen molar-refractivity contribution in [2.75, 3.05) is 12.4 Å². The zero-order valence-electron chi connectivity index (χ0n) is 18.6. The van der Waals surface area contributed by atoms with E-state index in [-0.39, 0.29) is 17.8 Å². The number of hydrogen-bond acceptors (Lipinski definition) is 7. The van der Waals surface area contributed by atoms with Gasteiger partial charge < -0.3 is 15.7 Å². The fourth-order valence-electron chi connectivity index (χ4n) is 4.10. The molecule has 11 heteroatoms. The van der Waals surface area contributed by atoms with Crippen LogP contribution in [0.1, 0.15) is 41.9 Å². The van der Waals surface area contributed by atoms with Crippen molar-refractivity contribution in [2.45, 2.75) is 44.4 Å². The molecule has 0 atom stereocenters. The van der Waals surface area contributed by atoms with Gasteiger partial charge in [0.1, 0.15) is 16.3 Å². The average molecular weight is 492 g/mol. The number of thiazole rings is 1. The van der Waals surface area contributed by atoms with E-state index in [4.69, 9.17) is 0 Å². The quantitative estimate of drug-likeness (QED) is 0.474. The number of rotatable bonds is 5. The van der Waals surface area contributed by atoms with Crippen molar-refractivity contribution in [3.05, 3.63) is 52.9 Å². The maximum atomic E-state index is 13.0. The predicted molar refractivity (Wildman–Crippen MR) is 123 cm³/mol. The van der Waals surface area contributed by atoms with Crippen molar-refractivity contribution in [1.82, 2.24) is 20.3 Å². The summed E-state index contributed by atoms with van der Waals surface area (Å²) in [5.74, 6) is -0.266. The molecule has 0 spiro atoms. The van der Waals surface area contributed by atoms with E-state index in [2.05, 4.69) is 25.6 Å². The molecule has 1 aliphatic rings. The lowest BCUT2D eigenvalue weighted by Crippen LogP contribution is -2.37. The fraction of sp³-hybridized carbons (Fsp3) is 0.391. The molecule has 1 aromatic carbocycles. The van der Waals surface area contributed by atoms with Crippen LogP contribution in [0.2, 0.25) is 0 Å². The molecule has 2 aromatic heterocycles. The smallest absolute Gasteiger partial charge is 0.383 e. The number of aliphatic hydroxyl groups is 1. The van der Waals surface area contributed by atoms with E-state index in [1.165, 1.54) is 11.3 Å². The van der Waals surface area contributed by atoms with Crippen LogP contribution in [0.5, 0.6) is 0 Å². The number of carbonyl (C=O) groups excluding carboxylic acids is 1. The van der Waals surface area contributed by atoms with E-state index in [9.17, 15) is 23.1 Å². The van der Waals surface area contributed by atoms with Gasteiger partial charge >= 0.3 is 6.18 Å². The van der Waals surface area contributed by atoms with Gasteiger partial charge in [0, 0.05) is 31.0 Å². The van der Waals surface area contributed by atoms with Gasteiger partial charge in [-0.1, -0.05) is 6.07 Å². The summed E-state index contributed by atoms with van der Waals surface area (Å²) in [5, 5.41) is 17.3. The number of nitrogens with zero attached hydrogens (tertiary/aromatic N) is 3. The molecule has 3 aromatic rings. The topological polar surface area (TPSA) is 100 Å². The molecule has 1 amide bonds. The molecule has 34 heavy (non-hydrogen) atoms. The van der Waals surface area contributed by atoms with Crippen LogP contribution in [0.3, 0.4) is 0 Å². The van der Waals surface area contributed by atoms with Gasteiger partial charge in [0.05, 0.1) is 4.88 Å². The summed E-state index contributed by atoms with van der Waals surface area (Å²) in [6.45, 7) is 1.87. The van der Waals surface area contributed by atoms with Crippen LogP contribution >= 0.6 is 11.3 Å². The third-order valence-corrected chi connectivity index (χ3v) is 7.14. The lowest BCUT2D eigenvalue weighted by molar-refractivity contribution is -0.141. The lowest BCUT2D eigenvalue weighted by Gasteiger charge is -2.33. The molecule has 2 heterocycles. The lowest BCUT2D eigenvalue weighted by atomic mass is 9.79. The van der Waals surface area contributed by atoms with Crippen LogP contribution in [0.15, 0.2) is 36.7 Å². The minimum Gasteiger partial charge on any atom is -0.383 e. The normalized spacial score (nSPS) is 20.7. The van der Waals surface area contributed by atoms with Crippen molar-refractivity contribution < 1.29 is 23.1 Å². The van der Waals surface area contributed by atoms with Crippen molar-refractivity contribution >= 4 is 28.9 Å². The molecule has 3 N–H and O–H groups in total. The highest BCUT2D eigenvalue weighted by Gasteiger charge is 2.39. The molecule has 180 valence electrons. The van der Waals surface area contributed by atoms with Crippen LogP contribution < -0.4 is 10.6 Å². The molecule has 0 radical (unpaired) electrons. The first-order valence-electron chi connectivity index (χ1n) is 10.8. The Morgan fingerprint density at radius 2 is 1.94 bits per heavy atom. The number of amides is 1. The van der Waals surface area contributed by atoms with Crippen molar-refractivity contribution in [3.63, 3.8) is 0 Å². The van der Waals surface area contributed by atoms with Crippen molar-refractivity contribution in [3.8, 4) is 10.4 Å². The summed E-state index contributed by atoms with van der Waals surface area (Å²) in [4.78, 5) is 24.6. The molecular formula is C23H24F3N5O2S. The number of nitrogens with one attached hydrogen (secondary N) is 2. The maximum absolute atomic E-state index is 13.0. The summed E-state index contributed by atoms with van der Waals surface area (Å²) in [6.07, 6.45) is 0.250. The summed E-state index contributed by atoms with van der Waals surface area (Å²) >= 11 is 1.37. The van der Waals surface area contributed by atoms with E-state index >= 15 is 0 Å². The Hall–Kier alpha value is -3.05. The Morgan fingerprint density at radius 1 is 1.21 bits per heavy atom. The number of aromatic nitrogens is 3. The first-order valence-corrected chi connectivity index (χ1v) is 11.6. The highest BCUT2D eigenvalue weighted by atomic mass is 32.1. The molecule has 1 saturated carbocycles. The van der Waals surface area contributed by atoms with Gasteiger partial charge in [0.2, 0.25) is 11.9 Å². The van der Waals surface area contributed by atoms with Crippen LogP contribution in [0, 0.1) is 12.8 Å². The molecule has 0 bridgehead atoms. The van der Waals surface area contributed by atoms with E-state index in [1.54, 1.807) is 25.4 Å². The van der Waals surface area contributed by atoms with Gasteiger partial charge in [-0.25, -0.2) is 15.0 Å². The van der Waals surface area contributed by atoms with Crippen LogP contribution in [0.25, 0.3) is 10.4 Å². The van der Waals surface area contributed by atoms with Gasteiger partial charge in [-0.15, -0.1) is 11.3 Å². The maximum Gasteiger partial charge on any atom is 0.433 e. The van der Waals surface area contributed by atoms with Crippen molar-refractivity contribution in [2.24, 2.45) is 5.92 Å². The molecule has 7 nitrogen and oxygen atoms in total. The van der Waals surface area contributed by atoms with E-state index in [0.29, 0.717) is 36.4 Å². The minimum atomic E-state index is -4.56. The number of hydrogen-bond donors (Lipinski definition) is 3. The van der Waals surface area contributed by atoms with Crippen LogP contribution in [0.4, 0.5) is 24.8 Å². The average Bonchev–Trinajstić information content (AvgIpc) is 3.30. The largest absolute Gasteiger partial charge is 0.433 e. The summed E-state index contributed by atoms with van der Waals surface area (Å²) in [5.41, 5.74) is 0.121. The van der Waals surface area contributed by atoms with Gasteiger partial charge in [-0.2, -0.15) is 13.2 Å². The number of halogens is 3. The van der Waals surface area contributed by atoms with Crippen molar-refractivity contribution in [1.29, 1.82) is 0 Å². The van der Waals surface area contributed by atoms with Crippen LogP contribution in [-0.4, -0.2) is 33.0 Å². The number of alkyl halides is 3. The Morgan fingerprint density at radius 3 is 2.62 bits per heavy atom. The van der Waals surface area contributed by atoms with Gasteiger partial charge in [0.25, 0.3) is 0 Å². The SMILES string of the molecule is CNC(=O)[C@H]1CC[C@](O)(c2ncc(-c3cc(C)cc(Nc4nccc(C(F)(F)F)n4)c3)s2)CC1. The standard InChI is InChI=1S/C23H24F3N5O2S/c1-13-9-15(11-16(10-13)30-21-28-8-5-18(31-21)23(24,25)26)17-12-29-20(34-17)22(33)6-3-14(4-7-22)19(32)27-2/h5,8-12,14,33H,3-4,6-7H2,1-2H3,(H,27,32)(H,28,30,31)/t14-,22+. The zero-order valence-corrected chi connectivity index (χ0v) is 19.4. The fourth-order valence-corrected chi connectivity index (χ4v) is 5.15. The summed E-state index contributed by atoms with van der Waals surface area (Å²) < 4.78 is 38.9. The molecular weight excluding hydrogens is 467 g/mol. The zero-order chi connectivity index (χ0) is 24.5.